The number of barbiturate groups is 1. The minimum Gasteiger partial charge on any atom is -0.481 e. The summed E-state index contributed by atoms with van der Waals surface area (Å²) in [6, 6.07) is -0.746. The largest absolute Gasteiger partial charge is 0.481 e. The summed E-state index contributed by atoms with van der Waals surface area (Å²) in [5.74, 6) is -5.28. The zero-order chi connectivity index (χ0) is 12.6. The van der Waals surface area contributed by atoms with E-state index >= 15 is 0 Å². The van der Waals surface area contributed by atoms with Crippen LogP contribution in [-0.2, 0) is 14.4 Å². The van der Waals surface area contributed by atoms with Crippen LogP contribution in [0.1, 0.15) is 6.92 Å². The number of urea groups is 1. The zero-order valence-corrected chi connectivity index (χ0v) is 9.13. The maximum Gasteiger partial charge on any atom is 0.332 e. The quantitative estimate of drug-likeness (QED) is 0.635. The van der Waals surface area contributed by atoms with E-state index in [1.165, 1.54) is 21.0 Å². The lowest BCUT2D eigenvalue weighted by Gasteiger charge is -2.34. The van der Waals surface area contributed by atoms with Crippen molar-refractivity contribution >= 4 is 23.8 Å². The molecule has 7 nitrogen and oxygen atoms in total. The summed E-state index contributed by atoms with van der Waals surface area (Å²) in [5, 5.41) is 8.78. The standard InChI is InChI=1S/C9H12N2O5/c1-4(8(14)15)5-6(12)10(2)9(16)11(3)7(5)13/h4-5H,1-3H3,(H,14,15)/t4-/m0/s1. The average molecular weight is 228 g/mol. The average Bonchev–Trinajstić information content (AvgIpc) is 2.23. The number of nitrogens with zero attached hydrogens (tertiary/aromatic N) is 2. The van der Waals surface area contributed by atoms with Crippen LogP contribution in [0.25, 0.3) is 0 Å². The molecule has 1 saturated heterocycles. The van der Waals surface area contributed by atoms with Crippen LogP contribution in [0.3, 0.4) is 0 Å². The third-order valence-corrected chi connectivity index (χ3v) is 2.66. The van der Waals surface area contributed by atoms with Crippen LogP contribution >= 0.6 is 0 Å². The predicted molar refractivity (Wildman–Crippen MR) is 51.2 cm³/mol. The van der Waals surface area contributed by atoms with Gasteiger partial charge in [0.15, 0.2) is 0 Å². The molecule has 1 atom stereocenters. The molecule has 0 unspecified atom stereocenters. The van der Waals surface area contributed by atoms with Crippen molar-refractivity contribution in [1.29, 1.82) is 0 Å². The Kier molecular flexibility index (Phi) is 2.97. The number of rotatable bonds is 2. The Morgan fingerprint density at radius 2 is 1.56 bits per heavy atom. The van der Waals surface area contributed by atoms with Gasteiger partial charge in [-0.3, -0.25) is 24.2 Å². The number of carbonyl (C=O) groups is 4. The molecule has 1 rings (SSSR count). The van der Waals surface area contributed by atoms with Crippen molar-refractivity contribution in [3.8, 4) is 0 Å². The smallest absolute Gasteiger partial charge is 0.332 e. The van der Waals surface area contributed by atoms with Crippen molar-refractivity contribution in [2.75, 3.05) is 14.1 Å². The Balaban J connectivity index is 3.09. The van der Waals surface area contributed by atoms with Gasteiger partial charge in [-0.2, -0.15) is 0 Å². The molecule has 16 heavy (non-hydrogen) atoms. The topological polar surface area (TPSA) is 95.0 Å². The van der Waals surface area contributed by atoms with Crippen LogP contribution in [0.2, 0.25) is 0 Å². The molecule has 0 aromatic heterocycles. The number of carboxylic acids is 1. The summed E-state index contributed by atoms with van der Waals surface area (Å²) in [6.45, 7) is 1.26. The number of carbonyl (C=O) groups excluding carboxylic acids is 3. The van der Waals surface area contributed by atoms with E-state index < -0.39 is 35.7 Å². The zero-order valence-electron chi connectivity index (χ0n) is 9.13. The summed E-state index contributed by atoms with van der Waals surface area (Å²) in [7, 11) is 2.43. The molecule has 1 aliphatic rings. The molecule has 0 aliphatic carbocycles. The van der Waals surface area contributed by atoms with Crippen LogP contribution in [0.15, 0.2) is 0 Å². The first-order valence-corrected chi connectivity index (χ1v) is 4.61. The Morgan fingerprint density at radius 1 is 1.19 bits per heavy atom. The van der Waals surface area contributed by atoms with E-state index in [2.05, 4.69) is 0 Å². The molecule has 0 aromatic carbocycles. The maximum absolute atomic E-state index is 11.6. The number of aliphatic carboxylic acids is 1. The molecule has 1 fully saturated rings. The molecular formula is C9H12N2O5. The fraction of sp³-hybridized carbons (Fsp3) is 0.556. The van der Waals surface area contributed by atoms with E-state index in [1.807, 2.05) is 0 Å². The molecule has 1 N–H and O–H groups in total. The van der Waals surface area contributed by atoms with Crippen molar-refractivity contribution in [3.63, 3.8) is 0 Å². The van der Waals surface area contributed by atoms with Crippen LogP contribution in [-0.4, -0.2) is 52.8 Å². The van der Waals surface area contributed by atoms with Crippen molar-refractivity contribution in [1.82, 2.24) is 9.80 Å². The lowest BCUT2D eigenvalue weighted by atomic mass is 9.90. The Bertz CT molecular complexity index is 354. The monoisotopic (exact) mass is 228 g/mol. The van der Waals surface area contributed by atoms with Crippen molar-refractivity contribution in [2.45, 2.75) is 6.92 Å². The van der Waals surface area contributed by atoms with Crippen molar-refractivity contribution in [3.05, 3.63) is 0 Å². The molecule has 4 amide bonds. The van der Waals surface area contributed by atoms with Gasteiger partial charge in [-0.1, -0.05) is 6.92 Å². The van der Waals surface area contributed by atoms with Gasteiger partial charge < -0.3 is 5.11 Å². The van der Waals surface area contributed by atoms with Crippen LogP contribution in [0, 0.1) is 11.8 Å². The van der Waals surface area contributed by atoms with Gasteiger partial charge in [0.05, 0.1) is 5.92 Å². The SMILES string of the molecule is C[C@H](C(=O)O)C1C(=O)N(C)C(=O)N(C)C1=O. The molecule has 0 saturated carbocycles. The number of hydrogen-bond donors (Lipinski definition) is 1. The molecule has 1 aliphatic heterocycles. The molecule has 88 valence electrons. The first-order chi connectivity index (χ1) is 7.29. The lowest BCUT2D eigenvalue weighted by molar-refractivity contribution is -0.158. The van der Waals surface area contributed by atoms with Crippen molar-refractivity contribution in [2.24, 2.45) is 11.8 Å². The van der Waals surface area contributed by atoms with E-state index in [0.717, 1.165) is 9.80 Å². The molecule has 0 bridgehead atoms. The van der Waals surface area contributed by atoms with E-state index in [1.54, 1.807) is 0 Å². The van der Waals surface area contributed by atoms with E-state index in [0.29, 0.717) is 0 Å². The van der Waals surface area contributed by atoms with Crippen molar-refractivity contribution < 1.29 is 24.3 Å². The number of carboxylic acid groups (broad SMARTS) is 1. The highest BCUT2D eigenvalue weighted by atomic mass is 16.4. The number of imide groups is 2. The predicted octanol–water partition coefficient (Wildman–Crippen LogP) is -0.626. The Hall–Kier alpha value is -1.92. The Labute approximate surface area is 91.6 Å². The second-order valence-electron chi connectivity index (χ2n) is 3.68. The number of hydrogen-bond acceptors (Lipinski definition) is 4. The lowest BCUT2D eigenvalue weighted by Crippen LogP contribution is -2.59. The molecule has 7 heteroatoms. The Morgan fingerprint density at radius 3 is 1.88 bits per heavy atom. The number of amides is 4. The van der Waals surface area contributed by atoms with Gasteiger partial charge in [-0.05, 0) is 0 Å². The van der Waals surface area contributed by atoms with E-state index in [9.17, 15) is 19.2 Å². The third kappa shape index (κ3) is 1.64. The van der Waals surface area contributed by atoms with Gasteiger partial charge in [0.2, 0.25) is 11.8 Å². The fourth-order valence-corrected chi connectivity index (χ4v) is 1.51. The highest BCUT2D eigenvalue weighted by Gasteiger charge is 2.47. The molecule has 0 aromatic rings. The van der Waals surface area contributed by atoms with Crippen LogP contribution in [0.4, 0.5) is 4.79 Å². The van der Waals surface area contributed by atoms with Crippen LogP contribution < -0.4 is 0 Å². The highest BCUT2D eigenvalue weighted by Crippen LogP contribution is 2.22. The first kappa shape index (κ1) is 12.2. The van der Waals surface area contributed by atoms with Gasteiger partial charge in [0.1, 0.15) is 5.92 Å². The van der Waals surface area contributed by atoms with Gasteiger partial charge in [-0.15, -0.1) is 0 Å². The molecule has 1 heterocycles. The first-order valence-electron chi connectivity index (χ1n) is 4.61. The normalized spacial score (nSPS) is 20.3. The second-order valence-corrected chi connectivity index (χ2v) is 3.68. The van der Waals surface area contributed by atoms with Gasteiger partial charge in [-0.25, -0.2) is 4.79 Å². The molecule has 0 radical (unpaired) electrons. The minimum atomic E-state index is -1.33. The molecular weight excluding hydrogens is 216 g/mol. The van der Waals surface area contributed by atoms with E-state index in [4.69, 9.17) is 5.11 Å². The molecule has 0 spiro atoms. The van der Waals surface area contributed by atoms with Crippen LogP contribution in [0.5, 0.6) is 0 Å². The summed E-state index contributed by atoms with van der Waals surface area (Å²) >= 11 is 0. The third-order valence-electron chi connectivity index (χ3n) is 2.66. The summed E-state index contributed by atoms with van der Waals surface area (Å²) in [6.07, 6.45) is 0. The van der Waals surface area contributed by atoms with Gasteiger partial charge in [0.25, 0.3) is 0 Å². The van der Waals surface area contributed by atoms with E-state index in [-0.39, 0.29) is 0 Å². The summed E-state index contributed by atoms with van der Waals surface area (Å²) < 4.78 is 0. The second kappa shape index (κ2) is 3.92. The summed E-state index contributed by atoms with van der Waals surface area (Å²) in [5.41, 5.74) is 0. The minimum absolute atomic E-state index is 0.746. The maximum atomic E-state index is 11.6. The van der Waals surface area contributed by atoms with Gasteiger partial charge >= 0.3 is 12.0 Å². The van der Waals surface area contributed by atoms with Gasteiger partial charge in [0, 0.05) is 14.1 Å². The fourth-order valence-electron chi connectivity index (χ4n) is 1.51. The highest BCUT2D eigenvalue weighted by molar-refractivity contribution is 6.17. The summed E-state index contributed by atoms with van der Waals surface area (Å²) in [4.78, 5) is 46.9.